The van der Waals surface area contributed by atoms with Crippen LogP contribution >= 0.6 is 0 Å². The van der Waals surface area contributed by atoms with Gasteiger partial charge in [-0.3, -0.25) is 0 Å². The van der Waals surface area contributed by atoms with Gasteiger partial charge in [0.2, 0.25) is 0 Å². The highest BCUT2D eigenvalue weighted by molar-refractivity contribution is 5.64. The maximum Gasteiger partial charge on any atom is 0.159 e. The van der Waals surface area contributed by atoms with E-state index in [9.17, 15) is 9.90 Å². The monoisotopic (exact) mass is 291 g/mol. The molecule has 1 heterocycles. The predicted molar refractivity (Wildman–Crippen MR) is 83.5 cm³/mol. The molecule has 0 aliphatic carbocycles. The molecule has 1 saturated heterocycles. The number of unbranched alkanes of at least 4 members (excludes halogenated alkanes) is 5. The second-order valence-corrected chi connectivity index (χ2v) is 5.40. The predicted octanol–water partition coefficient (Wildman–Crippen LogP) is 3.66. The molecule has 1 atom stereocenters. The maximum atomic E-state index is 10.2. The molecule has 118 valence electrons. The zero-order valence-electron chi connectivity index (χ0n) is 13.1. The summed E-state index contributed by atoms with van der Waals surface area (Å²) in [6, 6.07) is 0. The van der Waals surface area contributed by atoms with E-state index in [0.29, 0.717) is 6.10 Å². The molecule has 0 spiro atoms. The number of hydrogen-bond donors (Lipinski definition) is 0. The van der Waals surface area contributed by atoms with Crippen molar-refractivity contribution < 1.29 is 14.6 Å². The van der Waals surface area contributed by atoms with Crippen molar-refractivity contribution >= 4 is 5.97 Å². The molecule has 0 aromatic rings. The van der Waals surface area contributed by atoms with Crippen molar-refractivity contribution in [2.24, 2.45) is 0 Å². The molecule has 3 heteroatoms. The van der Waals surface area contributed by atoms with Gasteiger partial charge in [-0.05, 0) is 38.2 Å². The van der Waals surface area contributed by atoms with Gasteiger partial charge in [-0.1, -0.05) is 50.5 Å². The number of carbonyl (C=O) groups is 1. The van der Waals surface area contributed by atoms with Crippen molar-refractivity contribution in [1.29, 1.82) is 0 Å². The van der Waals surface area contributed by atoms with Crippen LogP contribution in [0.4, 0.5) is 0 Å². The molecule has 0 radical (unpaired) electrons. The molecule has 21 heavy (non-hydrogen) atoms. The molecule has 0 aromatic carbocycles. The third-order valence-electron chi connectivity index (χ3n) is 3.44. The molecule has 1 rings (SSSR count). The van der Waals surface area contributed by atoms with Crippen LogP contribution in [0.25, 0.3) is 0 Å². The Balaban J connectivity index is 1.92. The van der Waals surface area contributed by atoms with E-state index < -0.39 is 5.97 Å². The first-order valence-electron chi connectivity index (χ1n) is 8.12. The summed E-state index contributed by atoms with van der Waals surface area (Å²) in [7, 11) is 0. The molecule has 0 N–H and O–H groups in total. The second-order valence-electron chi connectivity index (χ2n) is 5.40. The molecular weight excluding hydrogens is 264 g/mol. The number of ether oxygens (including phenoxy) is 1. The lowest BCUT2D eigenvalue weighted by molar-refractivity contribution is -0.305. The van der Waals surface area contributed by atoms with Crippen molar-refractivity contribution in [2.45, 2.75) is 70.8 Å². The van der Waals surface area contributed by atoms with E-state index in [0.717, 1.165) is 57.1 Å². The van der Waals surface area contributed by atoms with Crippen molar-refractivity contribution in [3.63, 3.8) is 0 Å². The summed E-state index contributed by atoms with van der Waals surface area (Å²) in [5.74, 6) is 0.158. The molecule has 0 amide bonds. The molecule has 3 nitrogen and oxygen atoms in total. The molecule has 1 fully saturated rings. The number of epoxide rings is 1. The topological polar surface area (TPSA) is 52.7 Å². The Morgan fingerprint density at radius 1 is 1.14 bits per heavy atom. The summed E-state index contributed by atoms with van der Waals surface area (Å²) < 4.78 is 5.46. The van der Waals surface area contributed by atoms with Gasteiger partial charge in [-0.25, -0.2) is 0 Å². The first-order chi connectivity index (χ1) is 10.2. The lowest BCUT2D eigenvalue weighted by Gasteiger charge is -2.01. The Kier molecular flexibility index (Phi) is 9.34. The third kappa shape index (κ3) is 9.94. The number of carbonyl (C=O) groups excluding carboxylic acids is 1. The van der Waals surface area contributed by atoms with Crippen LogP contribution in [0.1, 0.15) is 64.7 Å². The van der Waals surface area contributed by atoms with Crippen LogP contribution in [0, 0.1) is 0 Å². The molecule has 1 aliphatic heterocycles. The fraction of sp³-hybridized carbons (Fsp3) is 0.611. The average Bonchev–Trinajstić information content (AvgIpc) is 3.19. The van der Waals surface area contributed by atoms with Gasteiger partial charge in [0, 0.05) is 12.4 Å². The standard InChI is InChI=1S/C18H28O3/c1-2-3-10-13-16-17(21-16)14-11-8-6-4-5-7-9-12-15-18(19)20/h3,8,10-11,14,16H,2,4-7,9,12-13,15H2,1H3,(H,19,20)/p-1/b10-3-,11-8-,17-14-/t16-/m0/s1. The summed E-state index contributed by atoms with van der Waals surface area (Å²) >= 11 is 0. The molecular formula is C18H27O3-. The molecule has 0 unspecified atom stereocenters. The number of hydrogen-bond acceptors (Lipinski definition) is 3. The normalized spacial score (nSPS) is 19.5. The van der Waals surface area contributed by atoms with Gasteiger partial charge in [0.25, 0.3) is 0 Å². The lowest BCUT2D eigenvalue weighted by atomic mass is 10.1. The van der Waals surface area contributed by atoms with E-state index in [1.54, 1.807) is 0 Å². The Morgan fingerprint density at radius 2 is 1.90 bits per heavy atom. The van der Waals surface area contributed by atoms with E-state index in [4.69, 9.17) is 4.74 Å². The fourth-order valence-electron chi connectivity index (χ4n) is 2.15. The van der Waals surface area contributed by atoms with E-state index in [1.807, 2.05) is 0 Å². The molecule has 0 aromatic heterocycles. The highest BCUT2D eigenvalue weighted by atomic mass is 16.6. The van der Waals surface area contributed by atoms with Gasteiger partial charge < -0.3 is 14.6 Å². The Morgan fingerprint density at radius 3 is 2.67 bits per heavy atom. The minimum absolute atomic E-state index is 0.197. The van der Waals surface area contributed by atoms with Crippen molar-refractivity contribution in [3.05, 3.63) is 36.1 Å². The average molecular weight is 291 g/mol. The van der Waals surface area contributed by atoms with E-state index in [2.05, 4.69) is 37.3 Å². The summed E-state index contributed by atoms with van der Waals surface area (Å²) in [4.78, 5) is 10.2. The molecule has 0 bridgehead atoms. The summed E-state index contributed by atoms with van der Waals surface area (Å²) in [5.41, 5.74) is 0. The minimum atomic E-state index is -0.934. The van der Waals surface area contributed by atoms with Gasteiger partial charge >= 0.3 is 0 Å². The second kappa shape index (κ2) is 11.2. The number of aliphatic carboxylic acids is 1. The Hall–Kier alpha value is -1.51. The summed E-state index contributed by atoms with van der Waals surface area (Å²) in [6.07, 6.45) is 19.5. The Bertz CT molecular complexity index is 380. The summed E-state index contributed by atoms with van der Waals surface area (Å²) in [6.45, 7) is 2.13. The van der Waals surface area contributed by atoms with E-state index in [-0.39, 0.29) is 6.42 Å². The molecule has 0 saturated carbocycles. The quantitative estimate of drug-likeness (QED) is 0.313. The van der Waals surface area contributed by atoms with Gasteiger partial charge in [0.05, 0.1) is 0 Å². The fourth-order valence-corrected chi connectivity index (χ4v) is 2.15. The van der Waals surface area contributed by atoms with Crippen LogP contribution in [0.15, 0.2) is 36.1 Å². The van der Waals surface area contributed by atoms with Crippen LogP contribution < -0.4 is 5.11 Å². The first kappa shape index (κ1) is 17.5. The van der Waals surface area contributed by atoms with Crippen molar-refractivity contribution in [1.82, 2.24) is 0 Å². The maximum absolute atomic E-state index is 10.2. The van der Waals surface area contributed by atoms with Crippen LogP contribution in [-0.4, -0.2) is 12.1 Å². The molecule has 1 aliphatic rings. The van der Waals surface area contributed by atoms with Crippen molar-refractivity contribution in [2.75, 3.05) is 0 Å². The third-order valence-corrected chi connectivity index (χ3v) is 3.44. The highest BCUT2D eigenvalue weighted by Crippen LogP contribution is 2.30. The van der Waals surface area contributed by atoms with Gasteiger partial charge in [0.1, 0.15) is 5.76 Å². The first-order valence-corrected chi connectivity index (χ1v) is 8.12. The van der Waals surface area contributed by atoms with Crippen LogP contribution in [0.3, 0.4) is 0 Å². The summed E-state index contributed by atoms with van der Waals surface area (Å²) in [5, 5.41) is 10.2. The number of carboxylic acid groups (broad SMARTS) is 1. The van der Waals surface area contributed by atoms with E-state index >= 15 is 0 Å². The smallest absolute Gasteiger partial charge is 0.159 e. The Labute approximate surface area is 128 Å². The van der Waals surface area contributed by atoms with Gasteiger partial charge in [-0.15, -0.1) is 0 Å². The number of allylic oxidation sites excluding steroid dienone is 4. The minimum Gasteiger partial charge on any atom is -0.550 e. The van der Waals surface area contributed by atoms with Gasteiger partial charge in [0.15, 0.2) is 6.10 Å². The lowest BCUT2D eigenvalue weighted by Crippen LogP contribution is -2.21. The van der Waals surface area contributed by atoms with E-state index in [1.165, 1.54) is 0 Å². The van der Waals surface area contributed by atoms with Crippen LogP contribution in [0.2, 0.25) is 0 Å². The zero-order chi connectivity index (χ0) is 15.3. The van der Waals surface area contributed by atoms with Crippen molar-refractivity contribution in [3.8, 4) is 0 Å². The van der Waals surface area contributed by atoms with Gasteiger partial charge in [-0.2, -0.15) is 0 Å². The highest BCUT2D eigenvalue weighted by Gasteiger charge is 2.29. The largest absolute Gasteiger partial charge is 0.550 e. The number of rotatable bonds is 12. The number of carboxylic acids is 1. The zero-order valence-corrected chi connectivity index (χ0v) is 13.1. The van der Waals surface area contributed by atoms with Crippen LogP contribution in [-0.2, 0) is 9.53 Å². The van der Waals surface area contributed by atoms with Crippen LogP contribution in [0.5, 0.6) is 0 Å². The SMILES string of the molecule is CC/C=C\C[C@@H]1O/C1=C\C=C/CCCCCCCC(=O)[O-].